The van der Waals surface area contributed by atoms with E-state index in [1.54, 1.807) is 0 Å². The maximum atomic E-state index is 8.73. The minimum atomic E-state index is 0.139. The van der Waals surface area contributed by atoms with Gasteiger partial charge in [-0.1, -0.05) is 18.2 Å². The number of fused-ring (bicyclic) bond motifs is 1. The van der Waals surface area contributed by atoms with E-state index in [0.717, 1.165) is 11.3 Å². The summed E-state index contributed by atoms with van der Waals surface area (Å²) in [6.45, 7) is 2.79. The van der Waals surface area contributed by atoms with Gasteiger partial charge in [0.15, 0.2) is 0 Å². The van der Waals surface area contributed by atoms with Gasteiger partial charge in [-0.3, -0.25) is 5.32 Å². The SMILES string of the molecule is Cc1cc(NCCO)[nH+]c2ccccc12. The molecule has 1 heterocycles. The van der Waals surface area contributed by atoms with Gasteiger partial charge in [0.05, 0.1) is 6.61 Å². The molecule has 0 aliphatic rings. The van der Waals surface area contributed by atoms with Crippen LogP contribution in [0, 0.1) is 6.92 Å². The van der Waals surface area contributed by atoms with E-state index in [-0.39, 0.29) is 6.61 Å². The first-order chi connectivity index (χ1) is 7.31. The van der Waals surface area contributed by atoms with Gasteiger partial charge in [0.1, 0.15) is 12.1 Å². The predicted molar refractivity (Wildman–Crippen MR) is 60.8 cm³/mol. The lowest BCUT2D eigenvalue weighted by Crippen LogP contribution is -2.16. The molecule has 3 nitrogen and oxygen atoms in total. The summed E-state index contributed by atoms with van der Waals surface area (Å²) in [6.07, 6.45) is 0. The number of pyridine rings is 1. The molecule has 3 heteroatoms. The van der Waals surface area contributed by atoms with Crippen LogP contribution in [-0.4, -0.2) is 18.3 Å². The number of aromatic nitrogens is 1. The minimum Gasteiger partial charge on any atom is -0.392 e. The molecule has 0 saturated carbocycles. The second-order valence-electron chi connectivity index (χ2n) is 3.56. The molecular weight excluding hydrogens is 188 g/mol. The lowest BCUT2D eigenvalue weighted by Gasteiger charge is -2.02. The number of anilines is 1. The molecule has 78 valence electrons. The second kappa shape index (κ2) is 4.28. The molecule has 0 atom stereocenters. The van der Waals surface area contributed by atoms with Crippen molar-refractivity contribution in [1.29, 1.82) is 0 Å². The first kappa shape index (κ1) is 9.93. The molecular formula is C12H15N2O+. The average Bonchev–Trinajstić information content (AvgIpc) is 2.26. The van der Waals surface area contributed by atoms with Gasteiger partial charge in [0.2, 0.25) is 0 Å². The number of nitrogens with one attached hydrogen (secondary N) is 2. The van der Waals surface area contributed by atoms with Crippen molar-refractivity contribution in [1.82, 2.24) is 0 Å². The van der Waals surface area contributed by atoms with Crippen molar-refractivity contribution in [3.63, 3.8) is 0 Å². The molecule has 2 aromatic rings. The van der Waals surface area contributed by atoms with E-state index in [4.69, 9.17) is 5.11 Å². The number of hydrogen-bond donors (Lipinski definition) is 2. The Morgan fingerprint density at radius 1 is 1.33 bits per heavy atom. The van der Waals surface area contributed by atoms with E-state index >= 15 is 0 Å². The van der Waals surface area contributed by atoms with Crippen molar-refractivity contribution < 1.29 is 10.1 Å². The highest BCUT2D eigenvalue weighted by Gasteiger charge is 2.05. The van der Waals surface area contributed by atoms with E-state index in [1.165, 1.54) is 10.9 Å². The van der Waals surface area contributed by atoms with E-state index in [1.807, 2.05) is 18.2 Å². The van der Waals surface area contributed by atoms with Crippen LogP contribution in [0.25, 0.3) is 10.9 Å². The van der Waals surface area contributed by atoms with Crippen LogP contribution in [0.2, 0.25) is 0 Å². The fourth-order valence-corrected chi connectivity index (χ4v) is 1.70. The lowest BCUT2D eigenvalue weighted by atomic mass is 10.1. The molecule has 0 spiro atoms. The monoisotopic (exact) mass is 203 g/mol. The Morgan fingerprint density at radius 2 is 2.13 bits per heavy atom. The smallest absolute Gasteiger partial charge is 0.272 e. The van der Waals surface area contributed by atoms with Gasteiger partial charge < -0.3 is 5.11 Å². The Morgan fingerprint density at radius 3 is 2.93 bits per heavy atom. The van der Waals surface area contributed by atoms with Crippen LogP contribution in [0.1, 0.15) is 5.56 Å². The predicted octanol–water partition coefficient (Wildman–Crippen LogP) is 1.37. The molecule has 0 saturated heterocycles. The van der Waals surface area contributed by atoms with E-state index in [9.17, 15) is 0 Å². The second-order valence-corrected chi connectivity index (χ2v) is 3.56. The van der Waals surface area contributed by atoms with Crippen LogP contribution in [0.3, 0.4) is 0 Å². The van der Waals surface area contributed by atoms with E-state index in [0.29, 0.717) is 6.54 Å². The molecule has 1 aromatic carbocycles. The van der Waals surface area contributed by atoms with E-state index < -0.39 is 0 Å². The van der Waals surface area contributed by atoms with Crippen molar-refractivity contribution in [2.75, 3.05) is 18.5 Å². The number of benzene rings is 1. The maximum absolute atomic E-state index is 8.73. The van der Waals surface area contributed by atoms with Gasteiger partial charge in [0.25, 0.3) is 5.82 Å². The molecule has 0 bridgehead atoms. The van der Waals surface area contributed by atoms with Gasteiger partial charge in [-0.25, -0.2) is 4.98 Å². The number of aromatic amines is 1. The lowest BCUT2D eigenvalue weighted by molar-refractivity contribution is -0.327. The minimum absolute atomic E-state index is 0.139. The summed E-state index contributed by atoms with van der Waals surface area (Å²) in [5, 5.41) is 13.1. The first-order valence-corrected chi connectivity index (χ1v) is 5.07. The summed E-state index contributed by atoms with van der Waals surface area (Å²) in [7, 11) is 0. The van der Waals surface area contributed by atoms with Crippen LogP contribution in [0.15, 0.2) is 30.3 Å². The molecule has 0 radical (unpaired) electrons. The summed E-state index contributed by atoms with van der Waals surface area (Å²) in [4.78, 5) is 3.28. The zero-order chi connectivity index (χ0) is 10.7. The Bertz CT molecular complexity index is 468. The standard InChI is InChI=1S/C12H14N2O/c1-9-8-12(13-6-7-15)14-11-5-3-2-4-10(9)11/h2-5,8,15H,6-7H2,1H3,(H,13,14)/p+1. The topological polar surface area (TPSA) is 46.4 Å². The zero-order valence-corrected chi connectivity index (χ0v) is 8.75. The maximum Gasteiger partial charge on any atom is 0.272 e. The third-order valence-electron chi connectivity index (χ3n) is 2.41. The number of aliphatic hydroxyl groups is 1. The number of H-pyrrole nitrogens is 1. The van der Waals surface area contributed by atoms with Crippen molar-refractivity contribution >= 4 is 16.7 Å². The molecule has 15 heavy (non-hydrogen) atoms. The average molecular weight is 203 g/mol. The molecule has 0 fully saturated rings. The number of aliphatic hydroxyl groups excluding tert-OH is 1. The van der Waals surface area contributed by atoms with Gasteiger partial charge in [-0.05, 0) is 18.6 Å². The summed E-state index contributed by atoms with van der Waals surface area (Å²) < 4.78 is 0. The molecule has 0 aliphatic heterocycles. The fourth-order valence-electron chi connectivity index (χ4n) is 1.70. The van der Waals surface area contributed by atoms with Gasteiger partial charge >= 0.3 is 0 Å². The highest BCUT2D eigenvalue weighted by atomic mass is 16.3. The number of hydrogen-bond acceptors (Lipinski definition) is 2. The first-order valence-electron chi connectivity index (χ1n) is 5.07. The highest BCUT2D eigenvalue weighted by molar-refractivity contribution is 5.79. The Balaban J connectivity index is 2.43. The summed E-state index contributed by atoms with van der Waals surface area (Å²) in [5.74, 6) is 0.945. The van der Waals surface area contributed by atoms with Crippen molar-refractivity contribution in [3.05, 3.63) is 35.9 Å². The van der Waals surface area contributed by atoms with Crippen LogP contribution in [-0.2, 0) is 0 Å². The third-order valence-corrected chi connectivity index (χ3v) is 2.41. The normalized spacial score (nSPS) is 10.5. The largest absolute Gasteiger partial charge is 0.392 e. The highest BCUT2D eigenvalue weighted by Crippen LogP contribution is 2.15. The molecule has 0 aliphatic carbocycles. The molecule has 0 unspecified atom stereocenters. The molecule has 3 N–H and O–H groups in total. The fraction of sp³-hybridized carbons (Fsp3) is 0.250. The van der Waals surface area contributed by atoms with Gasteiger partial charge in [-0.2, -0.15) is 0 Å². The number of rotatable bonds is 3. The number of para-hydroxylation sites is 1. The molecule has 2 rings (SSSR count). The van der Waals surface area contributed by atoms with Crippen LogP contribution in [0.5, 0.6) is 0 Å². The summed E-state index contributed by atoms with van der Waals surface area (Å²) in [6, 6.07) is 10.2. The third kappa shape index (κ3) is 2.07. The van der Waals surface area contributed by atoms with Gasteiger partial charge in [0, 0.05) is 11.5 Å². The van der Waals surface area contributed by atoms with Crippen molar-refractivity contribution in [3.8, 4) is 0 Å². The summed E-state index contributed by atoms with van der Waals surface area (Å²) in [5.41, 5.74) is 2.34. The van der Waals surface area contributed by atoms with Crippen molar-refractivity contribution in [2.45, 2.75) is 6.92 Å². The van der Waals surface area contributed by atoms with Crippen molar-refractivity contribution in [2.24, 2.45) is 0 Å². The van der Waals surface area contributed by atoms with Gasteiger partial charge in [-0.15, -0.1) is 0 Å². The zero-order valence-electron chi connectivity index (χ0n) is 8.75. The Kier molecular flexibility index (Phi) is 2.83. The quantitative estimate of drug-likeness (QED) is 0.791. The van der Waals surface area contributed by atoms with E-state index in [2.05, 4.69) is 29.4 Å². The van der Waals surface area contributed by atoms with Crippen LogP contribution in [0.4, 0.5) is 5.82 Å². The molecule has 0 amide bonds. The Hall–Kier alpha value is -1.61. The Labute approximate surface area is 88.8 Å². The van der Waals surface area contributed by atoms with Crippen LogP contribution < -0.4 is 10.3 Å². The summed E-state index contributed by atoms with van der Waals surface area (Å²) >= 11 is 0. The molecule has 1 aromatic heterocycles. The van der Waals surface area contributed by atoms with Crippen LogP contribution >= 0.6 is 0 Å². The number of aryl methyl sites for hydroxylation is 1.